The van der Waals surface area contributed by atoms with Crippen molar-refractivity contribution in [2.75, 3.05) is 59.0 Å². The van der Waals surface area contributed by atoms with Crippen LogP contribution >= 0.6 is 24.8 Å². The Labute approximate surface area is 268 Å². The van der Waals surface area contributed by atoms with Gasteiger partial charge in [0, 0.05) is 37.7 Å². The average molecular weight is 659 g/mol. The summed E-state index contributed by atoms with van der Waals surface area (Å²) in [7, 11) is 10.4. The van der Waals surface area contributed by atoms with Gasteiger partial charge in [-0.15, -0.1) is 24.8 Å². The van der Waals surface area contributed by atoms with Gasteiger partial charge in [0.2, 0.25) is 11.7 Å². The Bertz CT molecular complexity index is 1440. The van der Waals surface area contributed by atoms with Crippen molar-refractivity contribution in [3.05, 3.63) is 39.9 Å². The third-order valence-electron chi connectivity index (χ3n) is 8.46. The first-order valence-electron chi connectivity index (χ1n) is 13.7. The minimum atomic E-state index is -2.72. The third-order valence-corrected chi connectivity index (χ3v) is 8.46. The number of Topliss-reactive ketones (excluding diaryl/α,β-unsaturated/α-hetero) is 2. The molecule has 4 rings (SSSR count). The number of aliphatic hydroxyl groups is 3. The maximum atomic E-state index is 14.1. The fraction of sp³-hybridized carbons (Fsp3) is 0.517. The van der Waals surface area contributed by atoms with Crippen LogP contribution in [-0.4, -0.2) is 114 Å². The summed E-state index contributed by atoms with van der Waals surface area (Å²) in [4.78, 5) is 57.5. The summed E-state index contributed by atoms with van der Waals surface area (Å²) in [5.41, 5.74) is 2.42. The Kier molecular flexibility index (Phi) is 11.2. The topological polar surface area (TPSA) is 197 Å². The SMILES string of the molecule is CN(C)CCCC(=O)Nc1cc(N(C)C)c2c(c1O)C(=O)C1=C(O)C3(O)C(=O)C(C(N)=O)=C(O)[C@@H](N(C)C)C3CC1C2.Cl.Cl. The van der Waals surface area contributed by atoms with Gasteiger partial charge < -0.3 is 41.3 Å². The predicted octanol–water partition coefficient (Wildman–Crippen LogP) is 1.31. The van der Waals surface area contributed by atoms with E-state index in [0.29, 0.717) is 24.2 Å². The van der Waals surface area contributed by atoms with Crippen molar-refractivity contribution < 1.29 is 39.6 Å². The summed E-state index contributed by atoms with van der Waals surface area (Å²) in [6.45, 7) is 0.682. The number of hydrogen-bond acceptors (Lipinski definition) is 11. The first-order valence-corrected chi connectivity index (χ1v) is 13.7. The number of nitrogens with two attached hydrogens (primary N) is 1. The smallest absolute Gasteiger partial charge is 0.255 e. The lowest BCUT2D eigenvalue weighted by atomic mass is 9.58. The minimum Gasteiger partial charge on any atom is -0.510 e. The Hall–Kier alpha value is -3.36. The number of anilines is 2. The molecule has 15 heteroatoms. The number of nitrogens with zero attached hydrogens (tertiary/aromatic N) is 3. The lowest BCUT2D eigenvalue weighted by Gasteiger charge is -2.50. The second kappa shape index (κ2) is 13.3. The number of fused-ring (bicyclic) bond motifs is 3. The number of halogens is 2. The molecule has 1 aromatic carbocycles. The third kappa shape index (κ3) is 5.86. The van der Waals surface area contributed by atoms with E-state index in [9.17, 15) is 39.6 Å². The number of allylic oxidation sites excluding steroid dienone is 1. The molecule has 0 saturated carbocycles. The monoisotopic (exact) mass is 657 g/mol. The van der Waals surface area contributed by atoms with Crippen molar-refractivity contribution in [2.45, 2.75) is 37.3 Å². The highest BCUT2D eigenvalue weighted by atomic mass is 35.5. The van der Waals surface area contributed by atoms with E-state index in [1.165, 1.54) is 4.90 Å². The van der Waals surface area contributed by atoms with Crippen LogP contribution in [0.1, 0.15) is 35.2 Å². The van der Waals surface area contributed by atoms with Crippen LogP contribution in [0, 0.1) is 11.8 Å². The number of phenols is 1. The van der Waals surface area contributed by atoms with Crippen LogP contribution in [-0.2, 0) is 20.8 Å². The number of ketones is 2. The molecule has 3 aliphatic carbocycles. The van der Waals surface area contributed by atoms with E-state index in [1.807, 2.05) is 19.0 Å². The van der Waals surface area contributed by atoms with E-state index >= 15 is 0 Å². The molecule has 0 spiro atoms. The van der Waals surface area contributed by atoms with Crippen molar-refractivity contribution in [1.82, 2.24) is 9.80 Å². The molecule has 3 unspecified atom stereocenters. The molecule has 0 heterocycles. The number of phenolic OH excluding ortho intramolecular Hbond substituents is 1. The number of carbonyl (C=O) groups excluding carboxylic acids is 4. The van der Waals surface area contributed by atoms with E-state index in [1.54, 1.807) is 39.2 Å². The molecule has 1 aromatic rings. The molecule has 13 nitrogen and oxygen atoms in total. The van der Waals surface area contributed by atoms with Gasteiger partial charge in [-0.05, 0) is 71.5 Å². The van der Waals surface area contributed by atoms with Crippen LogP contribution in [0.2, 0.25) is 0 Å². The van der Waals surface area contributed by atoms with Gasteiger partial charge in [0.25, 0.3) is 5.91 Å². The maximum absolute atomic E-state index is 14.1. The Morgan fingerprint density at radius 1 is 1.07 bits per heavy atom. The Morgan fingerprint density at radius 3 is 2.20 bits per heavy atom. The van der Waals surface area contributed by atoms with Gasteiger partial charge in [-0.25, -0.2) is 0 Å². The van der Waals surface area contributed by atoms with E-state index in [0.717, 1.165) is 0 Å². The molecular weight excluding hydrogens is 617 g/mol. The number of aliphatic hydroxyl groups excluding tert-OH is 2. The van der Waals surface area contributed by atoms with Gasteiger partial charge in [0.1, 0.15) is 17.1 Å². The van der Waals surface area contributed by atoms with E-state index in [-0.39, 0.29) is 66.8 Å². The zero-order valence-electron chi connectivity index (χ0n) is 25.5. The lowest BCUT2D eigenvalue weighted by Crippen LogP contribution is -2.63. The quantitative estimate of drug-likeness (QED) is 0.174. The molecule has 0 bridgehead atoms. The number of nitrogens with one attached hydrogen (secondary N) is 1. The minimum absolute atomic E-state index is 0. The van der Waals surface area contributed by atoms with Gasteiger partial charge in [-0.1, -0.05) is 0 Å². The van der Waals surface area contributed by atoms with Crippen LogP contribution in [0.25, 0.3) is 0 Å². The molecule has 0 saturated heterocycles. The Morgan fingerprint density at radius 2 is 1.68 bits per heavy atom. The van der Waals surface area contributed by atoms with E-state index in [2.05, 4.69) is 5.32 Å². The molecule has 244 valence electrons. The number of amides is 2. The van der Waals surface area contributed by atoms with Crippen LogP contribution in [0.15, 0.2) is 28.7 Å². The van der Waals surface area contributed by atoms with Crippen molar-refractivity contribution >= 4 is 59.6 Å². The number of likely N-dealkylation sites (N-methyl/N-ethyl adjacent to an activating group) is 1. The zero-order valence-corrected chi connectivity index (χ0v) is 27.1. The van der Waals surface area contributed by atoms with Crippen LogP contribution in [0.3, 0.4) is 0 Å². The molecule has 7 N–H and O–H groups in total. The standard InChI is InChI=1S/C29H39N5O8.2ClH/c1-32(2)9-7-8-18(35)31-16-12-17(33(3)4)14-10-13-11-15-22(34(5)6)25(38)21(28(30)41)27(40)29(15,42)26(39)19(13)24(37)20(14)23(16)36;;/h12-13,15,22,36,38-39,42H,7-11H2,1-6H3,(H2,30,41)(H,31,35);2*1H/t13?,15?,22-,29?;;/m0../s1. The summed E-state index contributed by atoms with van der Waals surface area (Å²) < 4.78 is 0. The van der Waals surface area contributed by atoms with E-state index < -0.39 is 63.8 Å². The molecular formula is C29H41Cl2N5O8. The normalized spacial score (nSPS) is 24.2. The van der Waals surface area contributed by atoms with Gasteiger partial charge in [0.15, 0.2) is 17.1 Å². The van der Waals surface area contributed by atoms with Crippen LogP contribution in [0.5, 0.6) is 5.75 Å². The fourth-order valence-corrected chi connectivity index (χ4v) is 6.56. The predicted molar refractivity (Wildman–Crippen MR) is 169 cm³/mol. The van der Waals surface area contributed by atoms with Crippen molar-refractivity contribution in [2.24, 2.45) is 17.6 Å². The average Bonchev–Trinajstić information content (AvgIpc) is 2.87. The molecule has 2 amide bonds. The molecule has 44 heavy (non-hydrogen) atoms. The van der Waals surface area contributed by atoms with Crippen molar-refractivity contribution in [3.63, 3.8) is 0 Å². The van der Waals surface area contributed by atoms with Crippen LogP contribution < -0.4 is 16.0 Å². The summed E-state index contributed by atoms with van der Waals surface area (Å²) in [5, 5.41) is 48.1. The van der Waals surface area contributed by atoms with Gasteiger partial charge in [0.05, 0.1) is 17.3 Å². The van der Waals surface area contributed by atoms with Crippen LogP contribution in [0.4, 0.5) is 11.4 Å². The highest BCUT2D eigenvalue weighted by Crippen LogP contribution is 2.53. The first-order chi connectivity index (χ1) is 19.5. The lowest BCUT2D eigenvalue weighted by molar-refractivity contribution is -0.148. The number of primary amides is 1. The summed E-state index contributed by atoms with van der Waals surface area (Å²) in [6, 6.07) is 0.515. The second-order valence-electron chi connectivity index (χ2n) is 12.0. The molecule has 0 fully saturated rings. The highest BCUT2D eigenvalue weighted by molar-refractivity contribution is 6.25. The Balaban J connectivity index is 0.00000337. The molecule has 0 radical (unpaired) electrons. The molecule has 4 atom stereocenters. The van der Waals surface area contributed by atoms with E-state index in [4.69, 9.17) is 5.73 Å². The largest absolute Gasteiger partial charge is 0.510 e. The number of benzene rings is 1. The van der Waals surface area contributed by atoms with Gasteiger partial charge >= 0.3 is 0 Å². The molecule has 3 aliphatic rings. The molecule has 0 aliphatic heterocycles. The second-order valence-corrected chi connectivity index (χ2v) is 12.0. The van der Waals surface area contributed by atoms with Gasteiger partial charge in [-0.3, -0.25) is 24.1 Å². The zero-order chi connectivity index (χ0) is 31.4. The number of aromatic hydroxyl groups is 1. The number of hydrogen-bond donors (Lipinski definition) is 6. The first kappa shape index (κ1) is 36.8. The maximum Gasteiger partial charge on any atom is 0.255 e. The summed E-state index contributed by atoms with van der Waals surface area (Å²) >= 11 is 0. The van der Waals surface area contributed by atoms with Gasteiger partial charge in [-0.2, -0.15) is 0 Å². The number of carbonyl (C=O) groups is 4. The number of rotatable bonds is 8. The summed E-state index contributed by atoms with van der Waals surface area (Å²) in [5.74, 6) is -7.61. The van der Waals surface area contributed by atoms with Crippen molar-refractivity contribution in [3.8, 4) is 5.75 Å². The summed E-state index contributed by atoms with van der Waals surface area (Å²) in [6.07, 6.45) is 0.891. The highest BCUT2D eigenvalue weighted by Gasteiger charge is 2.63. The van der Waals surface area contributed by atoms with Crippen molar-refractivity contribution in [1.29, 1.82) is 0 Å². The fourth-order valence-electron chi connectivity index (χ4n) is 6.56. The molecule has 0 aromatic heterocycles.